The maximum absolute atomic E-state index is 13.3. The number of hydrogen-bond donors (Lipinski definition) is 0. The van der Waals surface area contributed by atoms with Gasteiger partial charge in [-0.15, -0.1) is 0 Å². The highest BCUT2D eigenvalue weighted by Gasteiger charge is 2.34. The second-order valence-corrected chi connectivity index (χ2v) is 6.24. The van der Waals surface area contributed by atoms with E-state index in [1.165, 1.54) is 6.07 Å². The molecule has 1 aliphatic rings. The SMILES string of the molecule is CCOC(=O)N1CCN(c2cc(C(F)(F)F)nc3c(Cl)cccc23)CC1. The number of carbonyl (C=O) groups is 1. The molecule has 1 saturated heterocycles. The fraction of sp³-hybridized carbons (Fsp3) is 0.412. The number of aromatic nitrogens is 1. The van der Waals surface area contributed by atoms with Gasteiger partial charge in [0.15, 0.2) is 0 Å². The summed E-state index contributed by atoms with van der Waals surface area (Å²) < 4.78 is 44.7. The van der Waals surface area contributed by atoms with Crippen molar-refractivity contribution in [1.29, 1.82) is 0 Å². The first-order valence-electron chi connectivity index (χ1n) is 8.14. The second kappa shape index (κ2) is 7.19. The van der Waals surface area contributed by atoms with Gasteiger partial charge in [-0.1, -0.05) is 23.7 Å². The number of rotatable bonds is 2. The Balaban J connectivity index is 1.95. The summed E-state index contributed by atoms with van der Waals surface area (Å²) in [4.78, 5) is 18.8. The van der Waals surface area contributed by atoms with E-state index in [0.29, 0.717) is 37.3 Å². The van der Waals surface area contributed by atoms with Gasteiger partial charge in [0, 0.05) is 37.3 Å². The lowest BCUT2D eigenvalue weighted by atomic mass is 10.1. The van der Waals surface area contributed by atoms with Gasteiger partial charge in [-0.05, 0) is 19.1 Å². The molecule has 0 bridgehead atoms. The van der Waals surface area contributed by atoms with Crippen LogP contribution in [0.4, 0.5) is 23.7 Å². The van der Waals surface area contributed by atoms with Crippen LogP contribution in [0.2, 0.25) is 5.02 Å². The number of piperazine rings is 1. The summed E-state index contributed by atoms with van der Waals surface area (Å²) in [6, 6.07) is 5.93. The van der Waals surface area contributed by atoms with E-state index >= 15 is 0 Å². The zero-order valence-corrected chi connectivity index (χ0v) is 14.8. The number of amides is 1. The molecule has 26 heavy (non-hydrogen) atoms. The monoisotopic (exact) mass is 387 g/mol. The first-order chi connectivity index (χ1) is 12.3. The van der Waals surface area contributed by atoms with Crippen LogP contribution in [-0.2, 0) is 10.9 Å². The first-order valence-corrected chi connectivity index (χ1v) is 8.52. The molecule has 0 aliphatic carbocycles. The Labute approximate surface area is 153 Å². The summed E-state index contributed by atoms with van der Waals surface area (Å²) in [6.07, 6.45) is -4.99. The summed E-state index contributed by atoms with van der Waals surface area (Å²) >= 11 is 6.07. The molecule has 0 unspecified atom stereocenters. The van der Waals surface area contributed by atoms with Crippen LogP contribution in [-0.4, -0.2) is 48.8 Å². The van der Waals surface area contributed by atoms with E-state index in [-0.39, 0.29) is 17.1 Å². The average molecular weight is 388 g/mol. The molecule has 1 aliphatic heterocycles. The average Bonchev–Trinajstić information content (AvgIpc) is 2.61. The van der Waals surface area contributed by atoms with E-state index in [1.54, 1.807) is 24.0 Å². The third-order valence-electron chi connectivity index (χ3n) is 4.21. The van der Waals surface area contributed by atoms with E-state index in [9.17, 15) is 18.0 Å². The van der Waals surface area contributed by atoms with Crippen molar-refractivity contribution in [1.82, 2.24) is 9.88 Å². The van der Waals surface area contributed by atoms with Crippen molar-refractivity contribution in [3.63, 3.8) is 0 Å². The van der Waals surface area contributed by atoms with Crippen LogP contribution in [0.15, 0.2) is 24.3 Å². The zero-order valence-electron chi connectivity index (χ0n) is 14.0. The predicted octanol–water partition coefficient (Wildman–Crippen LogP) is 4.19. The van der Waals surface area contributed by atoms with E-state index in [2.05, 4.69) is 4.98 Å². The second-order valence-electron chi connectivity index (χ2n) is 5.83. The van der Waals surface area contributed by atoms with Crippen LogP contribution >= 0.6 is 11.6 Å². The molecular formula is C17H17ClF3N3O2. The number of nitrogens with zero attached hydrogens (tertiary/aromatic N) is 3. The number of fused-ring (bicyclic) bond motifs is 1. The van der Waals surface area contributed by atoms with Crippen LogP contribution < -0.4 is 4.90 Å². The van der Waals surface area contributed by atoms with E-state index < -0.39 is 18.0 Å². The fourth-order valence-corrected chi connectivity index (χ4v) is 3.16. The van der Waals surface area contributed by atoms with E-state index in [1.807, 2.05) is 4.90 Å². The van der Waals surface area contributed by atoms with Crippen molar-refractivity contribution in [2.24, 2.45) is 0 Å². The summed E-state index contributed by atoms with van der Waals surface area (Å²) in [5.41, 5.74) is -0.457. The van der Waals surface area contributed by atoms with Crippen LogP contribution in [0, 0.1) is 0 Å². The molecule has 1 aromatic heterocycles. The Morgan fingerprint density at radius 1 is 1.27 bits per heavy atom. The number of benzene rings is 1. The highest BCUT2D eigenvalue weighted by molar-refractivity contribution is 6.35. The highest BCUT2D eigenvalue weighted by atomic mass is 35.5. The number of pyridine rings is 1. The molecule has 1 amide bonds. The zero-order chi connectivity index (χ0) is 18.9. The van der Waals surface area contributed by atoms with Crippen molar-refractivity contribution in [2.45, 2.75) is 13.1 Å². The van der Waals surface area contributed by atoms with Gasteiger partial charge in [0.2, 0.25) is 0 Å². The topological polar surface area (TPSA) is 45.7 Å². The third kappa shape index (κ3) is 3.65. The maximum Gasteiger partial charge on any atom is 0.433 e. The molecule has 1 fully saturated rings. The first kappa shape index (κ1) is 18.6. The molecule has 2 heterocycles. The van der Waals surface area contributed by atoms with Gasteiger partial charge >= 0.3 is 12.3 Å². The van der Waals surface area contributed by atoms with Crippen LogP contribution in [0.5, 0.6) is 0 Å². The van der Waals surface area contributed by atoms with Crippen LogP contribution in [0.3, 0.4) is 0 Å². The molecule has 1 aromatic carbocycles. The summed E-state index contributed by atoms with van der Waals surface area (Å²) in [7, 11) is 0. The van der Waals surface area contributed by atoms with Gasteiger partial charge in [-0.2, -0.15) is 13.2 Å². The lowest BCUT2D eigenvalue weighted by molar-refractivity contribution is -0.140. The number of ether oxygens (including phenoxy) is 1. The Kier molecular flexibility index (Phi) is 5.13. The normalized spacial score (nSPS) is 15.4. The Morgan fingerprint density at radius 3 is 2.58 bits per heavy atom. The van der Waals surface area contributed by atoms with Crippen molar-refractivity contribution in [3.05, 3.63) is 35.0 Å². The Hall–Kier alpha value is -2.22. The fourth-order valence-electron chi connectivity index (χ4n) is 2.95. The Morgan fingerprint density at radius 2 is 1.96 bits per heavy atom. The molecule has 0 atom stereocenters. The van der Waals surface area contributed by atoms with E-state index in [0.717, 1.165) is 6.07 Å². The maximum atomic E-state index is 13.3. The standard InChI is InChI=1S/C17H17ClF3N3O2/c1-2-26-16(25)24-8-6-23(7-9-24)13-10-14(17(19,20)21)22-15-11(13)4-3-5-12(15)18/h3-5,10H,2,6-9H2,1H3. The van der Waals surface area contributed by atoms with Crippen LogP contribution in [0.1, 0.15) is 12.6 Å². The number of alkyl halides is 3. The van der Waals surface area contributed by atoms with Crippen molar-refractivity contribution < 1.29 is 22.7 Å². The van der Waals surface area contributed by atoms with Crippen LogP contribution in [0.25, 0.3) is 10.9 Å². The molecule has 2 aromatic rings. The molecule has 0 N–H and O–H groups in total. The minimum atomic E-state index is -4.57. The summed E-state index contributed by atoms with van der Waals surface area (Å²) in [5.74, 6) is 0. The predicted molar refractivity (Wildman–Crippen MR) is 92.6 cm³/mol. The number of hydrogen-bond acceptors (Lipinski definition) is 4. The number of halogens is 4. The molecule has 5 nitrogen and oxygen atoms in total. The van der Waals surface area contributed by atoms with Gasteiger partial charge in [-0.25, -0.2) is 9.78 Å². The molecule has 140 valence electrons. The molecule has 9 heteroatoms. The largest absolute Gasteiger partial charge is 0.450 e. The highest BCUT2D eigenvalue weighted by Crippen LogP contribution is 2.37. The molecule has 3 rings (SSSR count). The quantitative estimate of drug-likeness (QED) is 0.775. The van der Waals surface area contributed by atoms with Gasteiger partial charge in [-0.3, -0.25) is 0 Å². The Bertz CT molecular complexity index is 821. The number of anilines is 1. The van der Waals surface area contributed by atoms with E-state index in [4.69, 9.17) is 16.3 Å². The van der Waals surface area contributed by atoms with Crippen molar-refractivity contribution in [2.75, 3.05) is 37.7 Å². The molecule has 0 spiro atoms. The summed E-state index contributed by atoms with van der Waals surface area (Å²) in [6.45, 7) is 3.51. The van der Waals surface area contributed by atoms with Gasteiger partial charge in [0.05, 0.1) is 17.1 Å². The molecule has 0 radical (unpaired) electrons. The minimum Gasteiger partial charge on any atom is -0.450 e. The summed E-state index contributed by atoms with van der Waals surface area (Å²) in [5, 5.41) is 0.718. The smallest absolute Gasteiger partial charge is 0.433 e. The molecule has 0 saturated carbocycles. The lowest BCUT2D eigenvalue weighted by Gasteiger charge is -2.36. The van der Waals surface area contributed by atoms with Gasteiger partial charge in [0.25, 0.3) is 0 Å². The number of para-hydroxylation sites is 1. The van der Waals surface area contributed by atoms with Crippen molar-refractivity contribution in [3.8, 4) is 0 Å². The minimum absolute atomic E-state index is 0.117. The van der Waals surface area contributed by atoms with Gasteiger partial charge < -0.3 is 14.5 Å². The lowest BCUT2D eigenvalue weighted by Crippen LogP contribution is -2.49. The molecular weight excluding hydrogens is 371 g/mol. The van der Waals surface area contributed by atoms with Gasteiger partial charge in [0.1, 0.15) is 5.69 Å². The number of carbonyl (C=O) groups excluding carboxylic acids is 1. The van der Waals surface area contributed by atoms with Crippen molar-refractivity contribution >= 4 is 34.3 Å². The third-order valence-corrected chi connectivity index (χ3v) is 4.51.